The number of amides is 1. The Morgan fingerprint density at radius 1 is 1.29 bits per heavy atom. The summed E-state index contributed by atoms with van der Waals surface area (Å²) in [6, 6.07) is 4.69. The van der Waals surface area contributed by atoms with E-state index in [4.69, 9.17) is 0 Å². The first-order valence-electron chi connectivity index (χ1n) is 7.75. The van der Waals surface area contributed by atoms with E-state index < -0.39 is 0 Å². The maximum atomic E-state index is 11.5. The Kier molecular flexibility index (Phi) is 5.56. The second-order valence-electron chi connectivity index (χ2n) is 5.91. The smallest absolute Gasteiger partial charge is 0.219 e. The number of carbonyl (C=O) groups excluding carboxylic acids is 1. The lowest BCUT2D eigenvalue weighted by Gasteiger charge is -2.22. The molecule has 1 aliphatic heterocycles. The fourth-order valence-corrected chi connectivity index (χ4v) is 2.49. The summed E-state index contributed by atoms with van der Waals surface area (Å²) in [5.74, 6) is 1.17. The predicted octanol–water partition coefficient (Wildman–Crippen LogP) is 1.64. The van der Waals surface area contributed by atoms with Gasteiger partial charge in [-0.2, -0.15) is 0 Å². The maximum absolute atomic E-state index is 11.5. The van der Waals surface area contributed by atoms with Crippen LogP contribution in [0.25, 0.3) is 0 Å². The number of aromatic nitrogens is 1. The summed E-state index contributed by atoms with van der Waals surface area (Å²) >= 11 is 0. The van der Waals surface area contributed by atoms with E-state index in [0.717, 1.165) is 45.0 Å². The minimum Gasteiger partial charge on any atom is -0.355 e. The third-order valence-electron chi connectivity index (χ3n) is 3.79. The Bertz CT molecular complexity index is 458. The highest BCUT2D eigenvalue weighted by Crippen LogP contribution is 2.14. The van der Waals surface area contributed by atoms with Crippen molar-refractivity contribution >= 4 is 11.7 Å². The minimum absolute atomic E-state index is 0.167. The van der Waals surface area contributed by atoms with Crippen molar-refractivity contribution in [3.05, 3.63) is 23.9 Å². The Balaban J connectivity index is 1.94. The highest BCUT2D eigenvalue weighted by atomic mass is 16.2. The molecule has 5 nitrogen and oxygen atoms in total. The number of nitrogens with one attached hydrogen (secondary N) is 1. The van der Waals surface area contributed by atoms with Gasteiger partial charge in [-0.25, -0.2) is 4.98 Å². The number of pyridine rings is 1. The largest absolute Gasteiger partial charge is 0.355 e. The van der Waals surface area contributed by atoms with Crippen LogP contribution in [0.1, 0.15) is 32.8 Å². The second-order valence-corrected chi connectivity index (χ2v) is 5.91. The SMILES string of the molecule is CC(=O)N1CCCN(c2ccc(CNC(C)C)cn2)CC1. The summed E-state index contributed by atoms with van der Waals surface area (Å²) in [6.45, 7) is 10.2. The fourth-order valence-electron chi connectivity index (χ4n) is 2.49. The molecule has 1 N–H and O–H groups in total. The second kappa shape index (κ2) is 7.41. The van der Waals surface area contributed by atoms with Crippen LogP contribution in [0.5, 0.6) is 0 Å². The Morgan fingerprint density at radius 3 is 2.71 bits per heavy atom. The van der Waals surface area contributed by atoms with Crippen LogP contribution in [0.3, 0.4) is 0 Å². The molecular formula is C16H26N4O. The average Bonchev–Trinajstić information content (AvgIpc) is 2.71. The first-order chi connectivity index (χ1) is 10.1. The molecule has 0 spiro atoms. The van der Waals surface area contributed by atoms with Gasteiger partial charge in [-0.3, -0.25) is 4.79 Å². The molecule has 0 bridgehead atoms. The molecule has 2 heterocycles. The van der Waals surface area contributed by atoms with Crippen molar-refractivity contribution in [2.75, 3.05) is 31.1 Å². The molecule has 21 heavy (non-hydrogen) atoms. The molecule has 2 rings (SSSR count). The highest BCUT2D eigenvalue weighted by Gasteiger charge is 2.17. The van der Waals surface area contributed by atoms with Crippen LogP contribution in [0.2, 0.25) is 0 Å². The van der Waals surface area contributed by atoms with E-state index in [0.29, 0.717) is 6.04 Å². The van der Waals surface area contributed by atoms with Crippen LogP contribution in [0, 0.1) is 0 Å². The van der Waals surface area contributed by atoms with Crippen molar-refractivity contribution < 1.29 is 4.79 Å². The van der Waals surface area contributed by atoms with E-state index >= 15 is 0 Å². The van der Waals surface area contributed by atoms with Gasteiger partial charge in [0.05, 0.1) is 0 Å². The number of rotatable bonds is 4. The van der Waals surface area contributed by atoms with Gasteiger partial charge in [0.15, 0.2) is 0 Å². The number of carbonyl (C=O) groups is 1. The average molecular weight is 290 g/mol. The van der Waals surface area contributed by atoms with Gasteiger partial charge >= 0.3 is 0 Å². The molecule has 5 heteroatoms. The van der Waals surface area contributed by atoms with E-state index in [9.17, 15) is 4.79 Å². The number of hydrogen-bond donors (Lipinski definition) is 1. The van der Waals surface area contributed by atoms with Gasteiger partial charge in [0.2, 0.25) is 5.91 Å². The van der Waals surface area contributed by atoms with E-state index in [1.165, 1.54) is 5.56 Å². The summed E-state index contributed by atoms with van der Waals surface area (Å²) in [5, 5.41) is 3.39. The predicted molar refractivity (Wildman–Crippen MR) is 85.3 cm³/mol. The zero-order valence-electron chi connectivity index (χ0n) is 13.3. The topological polar surface area (TPSA) is 48.5 Å². The van der Waals surface area contributed by atoms with Gasteiger partial charge in [-0.1, -0.05) is 19.9 Å². The first-order valence-corrected chi connectivity index (χ1v) is 7.75. The van der Waals surface area contributed by atoms with Crippen molar-refractivity contribution in [2.24, 2.45) is 0 Å². The zero-order valence-corrected chi connectivity index (χ0v) is 13.3. The van der Waals surface area contributed by atoms with Crippen molar-refractivity contribution in [3.63, 3.8) is 0 Å². The number of anilines is 1. The van der Waals surface area contributed by atoms with Crippen LogP contribution in [-0.4, -0.2) is 48.0 Å². The molecule has 0 radical (unpaired) electrons. The third-order valence-corrected chi connectivity index (χ3v) is 3.79. The van der Waals surface area contributed by atoms with Crippen LogP contribution in [0.4, 0.5) is 5.82 Å². The first kappa shape index (κ1) is 15.8. The van der Waals surface area contributed by atoms with Crippen LogP contribution >= 0.6 is 0 Å². The fraction of sp³-hybridized carbons (Fsp3) is 0.625. The third kappa shape index (κ3) is 4.70. The molecule has 0 aliphatic carbocycles. The van der Waals surface area contributed by atoms with E-state index in [2.05, 4.69) is 41.2 Å². The normalized spacial score (nSPS) is 16.2. The molecule has 0 aromatic carbocycles. The van der Waals surface area contributed by atoms with Crippen molar-refractivity contribution in [1.29, 1.82) is 0 Å². The van der Waals surface area contributed by atoms with Gasteiger partial charge in [0, 0.05) is 51.9 Å². The highest BCUT2D eigenvalue weighted by molar-refractivity contribution is 5.73. The summed E-state index contributed by atoms with van der Waals surface area (Å²) < 4.78 is 0. The zero-order chi connectivity index (χ0) is 15.2. The van der Waals surface area contributed by atoms with Crippen LogP contribution in [-0.2, 0) is 11.3 Å². The van der Waals surface area contributed by atoms with Gasteiger partial charge in [-0.15, -0.1) is 0 Å². The summed E-state index contributed by atoms with van der Waals surface area (Å²) in [6.07, 6.45) is 2.94. The Labute approximate surface area is 127 Å². The molecule has 1 aliphatic rings. The van der Waals surface area contributed by atoms with Crippen molar-refractivity contribution in [3.8, 4) is 0 Å². The molecule has 0 saturated carbocycles. The van der Waals surface area contributed by atoms with Crippen molar-refractivity contribution in [1.82, 2.24) is 15.2 Å². The Hall–Kier alpha value is -1.62. The van der Waals surface area contributed by atoms with Crippen LogP contribution < -0.4 is 10.2 Å². The van der Waals surface area contributed by atoms with E-state index in [1.54, 1.807) is 6.92 Å². The monoisotopic (exact) mass is 290 g/mol. The van der Waals surface area contributed by atoms with Gasteiger partial charge < -0.3 is 15.1 Å². The minimum atomic E-state index is 0.167. The molecule has 0 atom stereocenters. The number of hydrogen-bond acceptors (Lipinski definition) is 4. The molecule has 1 fully saturated rings. The van der Waals surface area contributed by atoms with Crippen molar-refractivity contribution in [2.45, 2.75) is 39.8 Å². The number of nitrogens with zero attached hydrogens (tertiary/aromatic N) is 3. The molecular weight excluding hydrogens is 264 g/mol. The van der Waals surface area contributed by atoms with Crippen LogP contribution in [0.15, 0.2) is 18.3 Å². The lowest BCUT2D eigenvalue weighted by molar-refractivity contribution is -0.128. The van der Waals surface area contributed by atoms with E-state index in [-0.39, 0.29) is 5.91 Å². The van der Waals surface area contributed by atoms with Gasteiger partial charge in [-0.05, 0) is 18.1 Å². The van der Waals surface area contributed by atoms with Gasteiger partial charge in [0.25, 0.3) is 0 Å². The molecule has 0 unspecified atom stereocenters. The van der Waals surface area contributed by atoms with E-state index in [1.807, 2.05) is 11.1 Å². The molecule has 1 amide bonds. The quantitative estimate of drug-likeness (QED) is 0.916. The lowest BCUT2D eigenvalue weighted by atomic mass is 10.2. The maximum Gasteiger partial charge on any atom is 0.219 e. The Morgan fingerprint density at radius 2 is 2.10 bits per heavy atom. The molecule has 1 saturated heterocycles. The standard InChI is InChI=1S/C16H26N4O/c1-13(2)17-11-15-5-6-16(18-12-15)20-8-4-7-19(9-10-20)14(3)21/h5-6,12-13,17H,4,7-11H2,1-3H3. The lowest BCUT2D eigenvalue weighted by Crippen LogP contribution is -2.33. The summed E-state index contributed by atoms with van der Waals surface area (Å²) in [7, 11) is 0. The van der Waals surface area contributed by atoms with Gasteiger partial charge in [0.1, 0.15) is 5.82 Å². The summed E-state index contributed by atoms with van der Waals surface area (Å²) in [4.78, 5) is 20.2. The molecule has 116 valence electrons. The molecule has 1 aromatic rings. The summed E-state index contributed by atoms with van der Waals surface area (Å²) in [5.41, 5.74) is 1.20. The molecule has 1 aromatic heterocycles.